The minimum atomic E-state index is -4.49. The first kappa shape index (κ1) is 26.0. The van der Waals surface area contributed by atoms with Crippen LogP contribution in [0.5, 0.6) is 0 Å². The Labute approximate surface area is 210 Å². The van der Waals surface area contributed by atoms with Crippen molar-refractivity contribution in [1.29, 1.82) is 0 Å². The van der Waals surface area contributed by atoms with E-state index in [0.29, 0.717) is 11.3 Å². The molecule has 1 atom stereocenters. The molecular formula is C26H25F3N4O4. The third-order valence-corrected chi connectivity index (χ3v) is 6.09. The monoisotopic (exact) mass is 514 g/mol. The highest BCUT2D eigenvalue weighted by Gasteiger charge is 2.43. The molecule has 0 saturated carbocycles. The van der Waals surface area contributed by atoms with Gasteiger partial charge in [0.25, 0.3) is 11.5 Å². The van der Waals surface area contributed by atoms with Gasteiger partial charge in [0.05, 0.1) is 17.9 Å². The maximum Gasteiger partial charge on any atom is 0.418 e. The van der Waals surface area contributed by atoms with Gasteiger partial charge in [-0.1, -0.05) is 24.3 Å². The van der Waals surface area contributed by atoms with Gasteiger partial charge in [-0.05, 0) is 35.9 Å². The van der Waals surface area contributed by atoms with Crippen molar-refractivity contribution in [2.24, 2.45) is 7.05 Å². The first-order chi connectivity index (χ1) is 17.6. The average molecular weight is 515 g/mol. The number of anilines is 2. The van der Waals surface area contributed by atoms with Crippen LogP contribution < -0.4 is 21.5 Å². The molecule has 4 rings (SSSR count). The highest BCUT2D eigenvalue weighted by Crippen LogP contribution is 2.35. The summed E-state index contributed by atoms with van der Waals surface area (Å²) in [5, 5.41) is 8.28. The van der Waals surface area contributed by atoms with Crippen molar-refractivity contribution in [3.63, 3.8) is 0 Å². The molecule has 37 heavy (non-hydrogen) atoms. The summed E-state index contributed by atoms with van der Waals surface area (Å²) in [6, 6.07) is 14.4. The molecule has 0 bridgehead atoms. The SMILES string of the molecule is Cn1ccc(C(=O)NC2(C(=O)NCc3ccc(Nc4ccccc4C(F)(F)F)cc3)CCOC2)cc1=O. The molecule has 2 amide bonds. The number of amides is 2. The second-order valence-electron chi connectivity index (χ2n) is 8.75. The van der Waals surface area contributed by atoms with E-state index in [0.717, 1.165) is 6.07 Å². The van der Waals surface area contributed by atoms with Gasteiger partial charge in [0.1, 0.15) is 5.54 Å². The van der Waals surface area contributed by atoms with Crippen molar-refractivity contribution in [3.05, 3.63) is 93.9 Å². The van der Waals surface area contributed by atoms with Crippen LogP contribution >= 0.6 is 0 Å². The van der Waals surface area contributed by atoms with Gasteiger partial charge in [-0.3, -0.25) is 14.4 Å². The number of aromatic nitrogens is 1. The van der Waals surface area contributed by atoms with Gasteiger partial charge in [-0.25, -0.2) is 0 Å². The number of hydrogen-bond donors (Lipinski definition) is 3. The van der Waals surface area contributed by atoms with Gasteiger partial charge in [-0.15, -0.1) is 0 Å². The molecule has 1 fully saturated rings. The lowest BCUT2D eigenvalue weighted by molar-refractivity contribution is -0.137. The number of pyridine rings is 1. The fraction of sp³-hybridized carbons (Fsp3) is 0.269. The Morgan fingerprint density at radius 3 is 2.46 bits per heavy atom. The van der Waals surface area contributed by atoms with Crippen molar-refractivity contribution in [1.82, 2.24) is 15.2 Å². The van der Waals surface area contributed by atoms with E-state index in [9.17, 15) is 27.6 Å². The first-order valence-corrected chi connectivity index (χ1v) is 11.4. The van der Waals surface area contributed by atoms with Gasteiger partial charge in [0.15, 0.2) is 0 Å². The maximum atomic E-state index is 13.2. The number of halogens is 3. The number of ether oxygens (including phenoxy) is 1. The van der Waals surface area contributed by atoms with Gasteiger partial charge in [-0.2, -0.15) is 13.2 Å². The highest BCUT2D eigenvalue weighted by molar-refractivity contribution is 5.99. The number of rotatable bonds is 7. The van der Waals surface area contributed by atoms with Crippen molar-refractivity contribution in [3.8, 4) is 0 Å². The van der Waals surface area contributed by atoms with Crippen LogP contribution in [0.2, 0.25) is 0 Å². The smallest absolute Gasteiger partial charge is 0.378 e. The molecule has 0 spiro atoms. The number of aryl methyl sites for hydroxylation is 1. The molecule has 0 radical (unpaired) electrons. The van der Waals surface area contributed by atoms with E-state index in [2.05, 4.69) is 16.0 Å². The maximum absolute atomic E-state index is 13.2. The molecule has 1 aliphatic heterocycles. The summed E-state index contributed by atoms with van der Waals surface area (Å²) in [5.74, 6) is -1.00. The summed E-state index contributed by atoms with van der Waals surface area (Å²) in [6.45, 7) is 0.392. The Bertz CT molecular complexity index is 1350. The van der Waals surface area contributed by atoms with Crippen LogP contribution in [0, 0.1) is 0 Å². The molecule has 3 aromatic rings. The molecular weight excluding hydrogens is 489 g/mol. The normalized spacial score (nSPS) is 17.3. The number of alkyl halides is 3. The molecule has 2 heterocycles. The Kier molecular flexibility index (Phi) is 7.35. The Balaban J connectivity index is 1.40. The lowest BCUT2D eigenvalue weighted by Crippen LogP contribution is -2.59. The summed E-state index contributed by atoms with van der Waals surface area (Å²) in [6.07, 6.45) is -2.76. The van der Waals surface area contributed by atoms with Gasteiger partial charge < -0.3 is 25.3 Å². The number of nitrogens with zero attached hydrogens (tertiary/aromatic N) is 1. The molecule has 0 aliphatic carbocycles. The number of carbonyl (C=O) groups excluding carboxylic acids is 2. The zero-order chi connectivity index (χ0) is 26.6. The van der Waals surface area contributed by atoms with Crippen LogP contribution in [0.15, 0.2) is 71.7 Å². The Morgan fingerprint density at radius 2 is 1.81 bits per heavy atom. The van der Waals surface area contributed by atoms with E-state index in [1.807, 2.05) is 0 Å². The molecule has 3 N–H and O–H groups in total. The van der Waals surface area contributed by atoms with Crippen LogP contribution in [-0.4, -0.2) is 35.1 Å². The van der Waals surface area contributed by atoms with E-state index in [4.69, 9.17) is 4.74 Å². The van der Waals surface area contributed by atoms with Crippen molar-refractivity contribution >= 4 is 23.2 Å². The van der Waals surface area contributed by atoms with Gasteiger partial charge in [0, 0.05) is 50.1 Å². The van der Waals surface area contributed by atoms with Crippen molar-refractivity contribution in [2.75, 3.05) is 18.5 Å². The molecule has 194 valence electrons. The van der Waals surface area contributed by atoms with E-state index in [1.165, 1.54) is 41.1 Å². The van der Waals surface area contributed by atoms with Crippen LogP contribution in [0.1, 0.15) is 27.9 Å². The lowest BCUT2D eigenvalue weighted by Gasteiger charge is -2.27. The quantitative estimate of drug-likeness (QED) is 0.449. The molecule has 2 aromatic carbocycles. The third kappa shape index (κ3) is 6.00. The molecule has 1 saturated heterocycles. The number of carbonyl (C=O) groups is 2. The van der Waals surface area contributed by atoms with Crippen molar-refractivity contribution < 1.29 is 27.5 Å². The van der Waals surface area contributed by atoms with E-state index >= 15 is 0 Å². The van der Waals surface area contributed by atoms with Crippen LogP contribution in [0.25, 0.3) is 0 Å². The number of nitrogens with one attached hydrogen (secondary N) is 3. The fourth-order valence-corrected chi connectivity index (χ4v) is 3.93. The first-order valence-electron chi connectivity index (χ1n) is 11.4. The summed E-state index contributed by atoms with van der Waals surface area (Å²) in [5.41, 5.74) is -1.18. The predicted octanol–water partition coefficient (Wildman–Crippen LogP) is 3.35. The number of hydrogen-bond acceptors (Lipinski definition) is 5. The molecule has 8 nitrogen and oxygen atoms in total. The summed E-state index contributed by atoms with van der Waals surface area (Å²) in [4.78, 5) is 37.7. The minimum Gasteiger partial charge on any atom is -0.378 e. The number of para-hydroxylation sites is 1. The standard InChI is InChI=1S/C26H25F3N4O4/c1-33-12-10-18(14-22(33)34)23(35)32-25(11-13-37-16-25)24(36)30-15-17-6-8-19(9-7-17)31-21-5-3-2-4-20(21)26(27,28)29/h2-10,12,14,31H,11,13,15-16H2,1H3,(H,30,36)(H,32,35). The molecule has 11 heteroatoms. The lowest BCUT2D eigenvalue weighted by atomic mass is 9.96. The van der Waals surface area contributed by atoms with Gasteiger partial charge >= 0.3 is 6.18 Å². The predicted molar refractivity (Wildman–Crippen MR) is 130 cm³/mol. The molecule has 1 aliphatic rings. The third-order valence-electron chi connectivity index (χ3n) is 6.09. The number of benzene rings is 2. The Hall–Kier alpha value is -4.12. The van der Waals surface area contributed by atoms with E-state index in [1.54, 1.807) is 31.3 Å². The second-order valence-corrected chi connectivity index (χ2v) is 8.75. The Morgan fingerprint density at radius 1 is 1.08 bits per heavy atom. The topological polar surface area (TPSA) is 101 Å². The summed E-state index contributed by atoms with van der Waals surface area (Å²) in [7, 11) is 1.56. The zero-order valence-corrected chi connectivity index (χ0v) is 19.9. The van der Waals surface area contributed by atoms with Crippen LogP contribution in [-0.2, 0) is 29.3 Å². The van der Waals surface area contributed by atoms with Crippen LogP contribution in [0.3, 0.4) is 0 Å². The fourth-order valence-electron chi connectivity index (χ4n) is 3.93. The highest BCUT2D eigenvalue weighted by atomic mass is 19.4. The summed E-state index contributed by atoms with van der Waals surface area (Å²) >= 11 is 0. The molecule has 1 aromatic heterocycles. The zero-order valence-electron chi connectivity index (χ0n) is 19.9. The van der Waals surface area contributed by atoms with E-state index < -0.39 is 29.1 Å². The van der Waals surface area contributed by atoms with Crippen molar-refractivity contribution in [2.45, 2.75) is 24.7 Å². The van der Waals surface area contributed by atoms with E-state index in [-0.39, 0.29) is 43.0 Å². The second kappa shape index (κ2) is 10.5. The summed E-state index contributed by atoms with van der Waals surface area (Å²) < 4.78 is 46.4. The average Bonchev–Trinajstić information content (AvgIpc) is 3.34. The minimum absolute atomic E-state index is 0.0170. The molecule has 1 unspecified atom stereocenters. The van der Waals surface area contributed by atoms with Gasteiger partial charge in [0.2, 0.25) is 5.91 Å². The van der Waals surface area contributed by atoms with Crippen LogP contribution in [0.4, 0.5) is 24.5 Å². The largest absolute Gasteiger partial charge is 0.418 e.